The van der Waals surface area contributed by atoms with Gasteiger partial charge >= 0.3 is 6.03 Å². The minimum atomic E-state index is -1.33. The summed E-state index contributed by atoms with van der Waals surface area (Å²) in [5.41, 5.74) is 1.49. The Hall–Kier alpha value is -2.86. The van der Waals surface area contributed by atoms with Gasteiger partial charge in [-0.2, -0.15) is 0 Å². The molecule has 1 spiro atoms. The molecule has 3 aliphatic heterocycles. The van der Waals surface area contributed by atoms with Crippen molar-refractivity contribution < 1.29 is 14.4 Å². The standard InChI is InChI=1S/C23H22ClN3O3/c24-17-8-4-9-18-16(17)14-23(19-10-5-12-26(18)19)20(28)25-22(30)27(21(23)29)13-11-15-6-2-1-3-7-15/h1-4,6-9,19H,5,10-14H2,(H,25,28,30)/t19-,23-/m0/s1. The fraction of sp³-hybridized carbons (Fsp3) is 0.348. The molecule has 2 aromatic carbocycles. The molecule has 2 aromatic rings. The van der Waals surface area contributed by atoms with E-state index >= 15 is 0 Å². The quantitative estimate of drug-likeness (QED) is 0.770. The maximum absolute atomic E-state index is 13.8. The Kier molecular flexibility index (Phi) is 4.54. The summed E-state index contributed by atoms with van der Waals surface area (Å²) >= 11 is 6.49. The van der Waals surface area contributed by atoms with Crippen LogP contribution in [0, 0.1) is 5.41 Å². The highest BCUT2D eigenvalue weighted by molar-refractivity contribution is 6.32. The molecule has 3 aliphatic rings. The number of urea groups is 1. The van der Waals surface area contributed by atoms with Gasteiger partial charge in [-0.25, -0.2) is 4.79 Å². The maximum atomic E-state index is 13.8. The van der Waals surface area contributed by atoms with E-state index in [0.717, 1.165) is 36.2 Å². The smallest absolute Gasteiger partial charge is 0.330 e. The van der Waals surface area contributed by atoms with Crippen LogP contribution in [0.4, 0.5) is 10.5 Å². The fourth-order valence-electron chi connectivity index (χ4n) is 5.20. The van der Waals surface area contributed by atoms with Crippen molar-refractivity contribution in [2.24, 2.45) is 5.41 Å². The summed E-state index contributed by atoms with van der Waals surface area (Å²) < 4.78 is 0. The van der Waals surface area contributed by atoms with Crippen LogP contribution in [0.3, 0.4) is 0 Å². The third-order valence-electron chi connectivity index (χ3n) is 6.65. The Balaban J connectivity index is 1.53. The summed E-state index contributed by atoms with van der Waals surface area (Å²) in [5.74, 6) is -0.911. The first kappa shape index (κ1) is 19.1. The summed E-state index contributed by atoms with van der Waals surface area (Å²) in [6.45, 7) is 0.990. The van der Waals surface area contributed by atoms with E-state index in [1.165, 1.54) is 4.90 Å². The number of nitrogens with zero attached hydrogens (tertiary/aromatic N) is 2. The molecule has 0 bridgehead atoms. The molecule has 30 heavy (non-hydrogen) atoms. The lowest BCUT2D eigenvalue weighted by molar-refractivity contribution is -0.153. The van der Waals surface area contributed by atoms with Crippen LogP contribution in [-0.2, 0) is 22.4 Å². The first-order valence-electron chi connectivity index (χ1n) is 10.3. The number of hydrogen-bond donors (Lipinski definition) is 1. The monoisotopic (exact) mass is 423 g/mol. The van der Waals surface area contributed by atoms with Gasteiger partial charge in [0.25, 0.3) is 0 Å². The minimum absolute atomic E-state index is 0.211. The Morgan fingerprint density at radius 1 is 1.07 bits per heavy atom. The van der Waals surface area contributed by atoms with Gasteiger partial charge in [0.2, 0.25) is 11.8 Å². The zero-order valence-corrected chi connectivity index (χ0v) is 17.2. The molecule has 4 amide bonds. The average Bonchev–Trinajstić information content (AvgIpc) is 3.24. The highest BCUT2D eigenvalue weighted by Gasteiger charge is 2.62. The van der Waals surface area contributed by atoms with E-state index in [2.05, 4.69) is 10.2 Å². The molecule has 2 atom stereocenters. The second-order valence-electron chi connectivity index (χ2n) is 8.19. The highest BCUT2D eigenvalue weighted by Crippen LogP contribution is 2.49. The van der Waals surface area contributed by atoms with Crippen LogP contribution < -0.4 is 10.2 Å². The predicted molar refractivity (Wildman–Crippen MR) is 113 cm³/mol. The molecule has 0 aliphatic carbocycles. The van der Waals surface area contributed by atoms with Crippen molar-refractivity contribution in [3.05, 3.63) is 64.7 Å². The maximum Gasteiger partial charge on any atom is 0.330 e. The van der Waals surface area contributed by atoms with Crippen LogP contribution in [0.5, 0.6) is 0 Å². The number of carbonyl (C=O) groups excluding carboxylic acids is 3. The Morgan fingerprint density at radius 3 is 2.67 bits per heavy atom. The Labute approximate surface area is 179 Å². The number of imide groups is 2. The number of fused-ring (bicyclic) bond motifs is 4. The largest absolute Gasteiger partial charge is 0.367 e. The molecule has 0 aromatic heterocycles. The van der Waals surface area contributed by atoms with Gasteiger partial charge in [-0.1, -0.05) is 48.0 Å². The molecule has 1 N–H and O–H groups in total. The molecule has 3 heterocycles. The molecule has 2 saturated heterocycles. The second-order valence-corrected chi connectivity index (χ2v) is 8.60. The van der Waals surface area contributed by atoms with Crippen molar-refractivity contribution in [3.8, 4) is 0 Å². The molecular weight excluding hydrogens is 402 g/mol. The van der Waals surface area contributed by atoms with E-state index in [-0.39, 0.29) is 19.0 Å². The summed E-state index contributed by atoms with van der Waals surface area (Å²) in [5, 5.41) is 3.02. The van der Waals surface area contributed by atoms with E-state index in [4.69, 9.17) is 11.6 Å². The van der Waals surface area contributed by atoms with Gasteiger partial charge in [-0.15, -0.1) is 0 Å². The molecule has 0 saturated carbocycles. The van der Waals surface area contributed by atoms with Crippen molar-refractivity contribution in [2.45, 2.75) is 31.7 Å². The van der Waals surface area contributed by atoms with Gasteiger partial charge in [0, 0.05) is 30.2 Å². The lowest BCUT2D eigenvalue weighted by Crippen LogP contribution is -2.71. The van der Waals surface area contributed by atoms with Crippen molar-refractivity contribution in [2.75, 3.05) is 18.0 Å². The number of carbonyl (C=O) groups is 3. The fourth-order valence-corrected chi connectivity index (χ4v) is 5.44. The van der Waals surface area contributed by atoms with Crippen molar-refractivity contribution in [1.29, 1.82) is 0 Å². The molecule has 7 heteroatoms. The van der Waals surface area contributed by atoms with Gasteiger partial charge in [-0.3, -0.25) is 19.8 Å². The van der Waals surface area contributed by atoms with E-state index in [1.54, 1.807) is 6.07 Å². The molecule has 6 nitrogen and oxygen atoms in total. The lowest BCUT2D eigenvalue weighted by Gasteiger charge is -2.49. The SMILES string of the molecule is O=C1NC(=O)[C@@]2(Cc3c(Cl)cccc3N3CCC[C@H]32)C(=O)N1CCc1ccccc1. The van der Waals surface area contributed by atoms with Crippen LogP contribution in [0.15, 0.2) is 48.5 Å². The lowest BCUT2D eigenvalue weighted by atomic mass is 9.68. The first-order chi connectivity index (χ1) is 14.5. The summed E-state index contributed by atoms with van der Waals surface area (Å²) in [6.07, 6.45) is 2.36. The topological polar surface area (TPSA) is 69.7 Å². The molecular formula is C23H22ClN3O3. The molecule has 2 fully saturated rings. The number of barbiturate groups is 1. The number of amides is 4. The van der Waals surface area contributed by atoms with Crippen LogP contribution in [0.1, 0.15) is 24.0 Å². The van der Waals surface area contributed by atoms with Gasteiger partial charge in [0.05, 0.1) is 6.04 Å². The van der Waals surface area contributed by atoms with Gasteiger partial charge in [0.15, 0.2) is 5.41 Å². The molecule has 0 unspecified atom stereocenters. The average molecular weight is 424 g/mol. The van der Waals surface area contributed by atoms with Crippen LogP contribution in [0.25, 0.3) is 0 Å². The van der Waals surface area contributed by atoms with Gasteiger partial charge in [0.1, 0.15) is 0 Å². The van der Waals surface area contributed by atoms with Gasteiger partial charge < -0.3 is 4.90 Å². The Bertz CT molecular complexity index is 1040. The van der Waals surface area contributed by atoms with Crippen molar-refractivity contribution >= 4 is 35.1 Å². The molecule has 0 radical (unpaired) electrons. The van der Waals surface area contributed by atoms with E-state index in [9.17, 15) is 14.4 Å². The van der Waals surface area contributed by atoms with E-state index in [0.29, 0.717) is 11.4 Å². The first-order valence-corrected chi connectivity index (χ1v) is 10.7. The highest BCUT2D eigenvalue weighted by atomic mass is 35.5. The predicted octanol–water partition coefficient (Wildman–Crippen LogP) is 3.17. The normalized spacial score (nSPS) is 25.4. The van der Waals surface area contributed by atoms with Crippen LogP contribution >= 0.6 is 11.6 Å². The van der Waals surface area contributed by atoms with Crippen LogP contribution in [0.2, 0.25) is 5.02 Å². The number of benzene rings is 2. The number of nitrogens with one attached hydrogen (secondary N) is 1. The molecule has 5 rings (SSSR count). The van der Waals surface area contributed by atoms with Crippen LogP contribution in [-0.4, -0.2) is 41.9 Å². The number of hydrogen-bond acceptors (Lipinski definition) is 4. The third-order valence-corrected chi connectivity index (χ3v) is 7.00. The number of rotatable bonds is 3. The summed E-state index contributed by atoms with van der Waals surface area (Å²) in [6, 6.07) is 14.5. The van der Waals surface area contributed by atoms with E-state index < -0.39 is 23.3 Å². The van der Waals surface area contributed by atoms with Gasteiger partial charge in [-0.05, 0) is 42.5 Å². The zero-order valence-electron chi connectivity index (χ0n) is 16.4. The van der Waals surface area contributed by atoms with Crippen molar-refractivity contribution in [1.82, 2.24) is 10.2 Å². The third kappa shape index (κ3) is 2.74. The zero-order chi connectivity index (χ0) is 20.9. The minimum Gasteiger partial charge on any atom is -0.367 e. The molecule has 154 valence electrons. The number of halogens is 1. The summed E-state index contributed by atoms with van der Waals surface area (Å²) in [7, 11) is 0. The summed E-state index contributed by atoms with van der Waals surface area (Å²) in [4.78, 5) is 43.0. The second kappa shape index (κ2) is 7.13. The van der Waals surface area contributed by atoms with E-state index in [1.807, 2.05) is 42.5 Å². The Morgan fingerprint density at radius 2 is 1.87 bits per heavy atom. The van der Waals surface area contributed by atoms with Crippen molar-refractivity contribution in [3.63, 3.8) is 0 Å². The number of anilines is 1.